The summed E-state index contributed by atoms with van der Waals surface area (Å²) in [7, 11) is 2.01. The molecule has 3 atom stereocenters. The van der Waals surface area contributed by atoms with Gasteiger partial charge in [0.2, 0.25) is 0 Å². The number of anilines is 1. The second-order valence-corrected chi connectivity index (χ2v) is 5.40. The second-order valence-electron chi connectivity index (χ2n) is 5.40. The SMILES string of the molecule is CC[C@@H](O)c1ccc(N(C)C2CCCCC2O)cn1. The molecule has 106 valence electrons. The van der Waals surface area contributed by atoms with Crippen molar-refractivity contribution >= 4 is 5.69 Å². The number of aliphatic hydroxyl groups excluding tert-OH is 2. The van der Waals surface area contributed by atoms with Crippen LogP contribution in [-0.2, 0) is 0 Å². The van der Waals surface area contributed by atoms with Gasteiger partial charge in [-0.15, -0.1) is 0 Å². The van der Waals surface area contributed by atoms with E-state index in [4.69, 9.17) is 0 Å². The third-order valence-electron chi connectivity index (χ3n) is 4.10. The van der Waals surface area contributed by atoms with Crippen LogP contribution < -0.4 is 4.90 Å². The number of hydrogen-bond acceptors (Lipinski definition) is 4. The summed E-state index contributed by atoms with van der Waals surface area (Å²) < 4.78 is 0. The lowest BCUT2D eigenvalue weighted by atomic mass is 9.91. The van der Waals surface area contributed by atoms with Crippen molar-refractivity contribution < 1.29 is 10.2 Å². The first kappa shape index (κ1) is 14.3. The monoisotopic (exact) mass is 264 g/mol. The standard InChI is InChI=1S/C15H24N2O2/c1-3-14(18)12-9-8-11(10-16-12)17(2)13-6-4-5-7-15(13)19/h8-10,13-15,18-19H,3-7H2,1-2H3/t13?,14-,15?/m1/s1. The van der Waals surface area contributed by atoms with E-state index in [1.807, 2.05) is 26.1 Å². The summed E-state index contributed by atoms with van der Waals surface area (Å²) in [6.45, 7) is 1.94. The summed E-state index contributed by atoms with van der Waals surface area (Å²) in [5.74, 6) is 0. The molecule has 4 heteroatoms. The number of likely N-dealkylation sites (N-methyl/N-ethyl adjacent to an activating group) is 1. The fourth-order valence-electron chi connectivity index (χ4n) is 2.75. The van der Waals surface area contributed by atoms with Crippen LogP contribution in [-0.4, -0.2) is 34.4 Å². The molecule has 0 aliphatic heterocycles. The molecule has 2 unspecified atom stereocenters. The number of aromatic nitrogens is 1. The Bertz CT molecular complexity index is 394. The Morgan fingerprint density at radius 1 is 1.37 bits per heavy atom. The van der Waals surface area contributed by atoms with Gasteiger partial charge in [0, 0.05) is 7.05 Å². The first-order valence-electron chi connectivity index (χ1n) is 7.18. The minimum Gasteiger partial charge on any atom is -0.391 e. The van der Waals surface area contributed by atoms with Crippen LogP contribution in [0.3, 0.4) is 0 Å². The van der Waals surface area contributed by atoms with Crippen LogP contribution >= 0.6 is 0 Å². The van der Waals surface area contributed by atoms with Crippen LogP contribution in [0.15, 0.2) is 18.3 Å². The summed E-state index contributed by atoms with van der Waals surface area (Å²) in [4.78, 5) is 6.43. The summed E-state index contributed by atoms with van der Waals surface area (Å²) in [5.41, 5.74) is 1.71. The third kappa shape index (κ3) is 3.25. The number of hydrogen-bond donors (Lipinski definition) is 2. The Balaban J connectivity index is 2.08. The molecule has 19 heavy (non-hydrogen) atoms. The molecule has 0 aromatic carbocycles. The van der Waals surface area contributed by atoms with Crippen molar-refractivity contribution in [2.45, 2.75) is 57.3 Å². The topological polar surface area (TPSA) is 56.6 Å². The first-order chi connectivity index (χ1) is 9.13. The Morgan fingerprint density at radius 3 is 2.68 bits per heavy atom. The highest BCUT2D eigenvalue weighted by Gasteiger charge is 2.26. The summed E-state index contributed by atoms with van der Waals surface area (Å²) in [5, 5.41) is 19.8. The van der Waals surface area contributed by atoms with E-state index >= 15 is 0 Å². The van der Waals surface area contributed by atoms with Crippen LogP contribution in [0.25, 0.3) is 0 Å². The van der Waals surface area contributed by atoms with Gasteiger partial charge in [0.25, 0.3) is 0 Å². The lowest BCUT2D eigenvalue weighted by Gasteiger charge is -2.36. The van der Waals surface area contributed by atoms with Gasteiger partial charge in [-0.05, 0) is 31.4 Å². The van der Waals surface area contributed by atoms with Crippen LogP contribution in [0, 0.1) is 0 Å². The maximum absolute atomic E-state index is 10.1. The van der Waals surface area contributed by atoms with E-state index in [0.29, 0.717) is 12.1 Å². The molecule has 1 fully saturated rings. The third-order valence-corrected chi connectivity index (χ3v) is 4.10. The molecule has 0 radical (unpaired) electrons. The maximum Gasteiger partial charge on any atom is 0.0957 e. The maximum atomic E-state index is 10.1. The zero-order valence-corrected chi connectivity index (χ0v) is 11.8. The average Bonchev–Trinajstić information content (AvgIpc) is 2.46. The van der Waals surface area contributed by atoms with Gasteiger partial charge in [-0.25, -0.2) is 0 Å². The van der Waals surface area contributed by atoms with E-state index in [0.717, 1.165) is 24.9 Å². The number of nitrogens with zero attached hydrogens (tertiary/aromatic N) is 2. The van der Waals surface area contributed by atoms with Gasteiger partial charge in [-0.1, -0.05) is 19.8 Å². The highest BCUT2D eigenvalue weighted by atomic mass is 16.3. The minimum absolute atomic E-state index is 0.178. The largest absolute Gasteiger partial charge is 0.391 e. The molecule has 0 bridgehead atoms. The Morgan fingerprint density at radius 2 is 2.11 bits per heavy atom. The molecule has 0 spiro atoms. The van der Waals surface area contributed by atoms with Gasteiger partial charge in [-0.3, -0.25) is 4.98 Å². The average molecular weight is 264 g/mol. The lowest BCUT2D eigenvalue weighted by molar-refractivity contribution is 0.106. The Labute approximate surface area is 115 Å². The molecule has 1 heterocycles. The number of aliphatic hydroxyl groups is 2. The predicted molar refractivity (Wildman–Crippen MR) is 76.2 cm³/mol. The predicted octanol–water partition coefficient (Wildman–Crippen LogP) is 2.26. The molecule has 4 nitrogen and oxygen atoms in total. The van der Waals surface area contributed by atoms with Gasteiger partial charge in [-0.2, -0.15) is 0 Å². The van der Waals surface area contributed by atoms with E-state index in [9.17, 15) is 10.2 Å². The van der Waals surface area contributed by atoms with Gasteiger partial charge in [0.05, 0.1) is 35.8 Å². The van der Waals surface area contributed by atoms with E-state index in [2.05, 4.69) is 9.88 Å². The molecule has 2 N–H and O–H groups in total. The van der Waals surface area contributed by atoms with Crippen LogP contribution in [0.4, 0.5) is 5.69 Å². The molecule has 1 aliphatic carbocycles. The zero-order chi connectivity index (χ0) is 13.8. The Kier molecular flexibility index (Phi) is 4.77. The van der Waals surface area contributed by atoms with Crippen molar-refractivity contribution in [2.24, 2.45) is 0 Å². The molecule has 2 rings (SSSR count). The van der Waals surface area contributed by atoms with Gasteiger partial charge >= 0.3 is 0 Å². The highest BCUT2D eigenvalue weighted by Crippen LogP contribution is 2.26. The van der Waals surface area contributed by atoms with Crippen LogP contribution in [0.5, 0.6) is 0 Å². The second kappa shape index (κ2) is 6.35. The first-order valence-corrected chi connectivity index (χ1v) is 7.18. The lowest BCUT2D eigenvalue weighted by Crippen LogP contribution is -2.43. The molecule has 0 saturated heterocycles. The molecular formula is C15H24N2O2. The molecule has 1 aromatic rings. The van der Waals surface area contributed by atoms with Gasteiger partial charge in [0.15, 0.2) is 0 Å². The number of rotatable bonds is 4. The van der Waals surface area contributed by atoms with Crippen molar-refractivity contribution in [1.29, 1.82) is 0 Å². The van der Waals surface area contributed by atoms with Crippen molar-refractivity contribution in [3.63, 3.8) is 0 Å². The van der Waals surface area contributed by atoms with Gasteiger partial charge < -0.3 is 15.1 Å². The van der Waals surface area contributed by atoms with E-state index < -0.39 is 6.10 Å². The van der Waals surface area contributed by atoms with Crippen molar-refractivity contribution in [3.8, 4) is 0 Å². The molecule has 1 saturated carbocycles. The quantitative estimate of drug-likeness (QED) is 0.876. The fourth-order valence-corrected chi connectivity index (χ4v) is 2.75. The van der Waals surface area contributed by atoms with Crippen molar-refractivity contribution in [2.75, 3.05) is 11.9 Å². The minimum atomic E-state index is -0.486. The molecular weight excluding hydrogens is 240 g/mol. The fraction of sp³-hybridized carbons (Fsp3) is 0.667. The van der Waals surface area contributed by atoms with E-state index in [-0.39, 0.29) is 12.1 Å². The van der Waals surface area contributed by atoms with E-state index in [1.54, 1.807) is 6.20 Å². The summed E-state index contributed by atoms with van der Waals surface area (Å²) in [6, 6.07) is 4.02. The smallest absolute Gasteiger partial charge is 0.0957 e. The molecule has 1 aliphatic rings. The normalized spacial score (nSPS) is 25.1. The summed E-state index contributed by atoms with van der Waals surface area (Å²) in [6.07, 6.45) is 5.92. The van der Waals surface area contributed by atoms with E-state index in [1.165, 1.54) is 6.42 Å². The highest BCUT2D eigenvalue weighted by molar-refractivity contribution is 5.45. The van der Waals surface area contributed by atoms with Crippen LogP contribution in [0.2, 0.25) is 0 Å². The van der Waals surface area contributed by atoms with Crippen molar-refractivity contribution in [1.82, 2.24) is 4.98 Å². The Hall–Kier alpha value is -1.13. The zero-order valence-electron chi connectivity index (χ0n) is 11.8. The molecule has 1 aromatic heterocycles. The number of pyridine rings is 1. The van der Waals surface area contributed by atoms with Crippen LogP contribution in [0.1, 0.15) is 50.8 Å². The van der Waals surface area contributed by atoms with Gasteiger partial charge in [0.1, 0.15) is 0 Å². The van der Waals surface area contributed by atoms with Crippen molar-refractivity contribution in [3.05, 3.63) is 24.0 Å². The molecule has 0 amide bonds. The summed E-state index contributed by atoms with van der Waals surface area (Å²) >= 11 is 0.